The van der Waals surface area contributed by atoms with E-state index < -0.39 is 0 Å². The van der Waals surface area contributed by atoms with Gasteiger partial charge in [-0.3, -0.25) is 9.59 Å². The lowest BCUT2D eigenvalue weighted by molar-refractivity contribution is -0.151. The number of rotatable bonds is 0. The van der Waals surface area contributed by atoms with E-state index in [1.165, 1.54) is 19.8 Å². The summed E-state index contributed by atoms with van der Waals surface area (Å²) < 4.78 is 4.80. The number of carbonyl (C=O) groups is 2. The summed E-state index contributed by atoms with van der Waals surface area (Å²) in [6, 6.07) is 0. The van der Waals surface area contributed by atoms with E-state index >= 15 is 0 Å². The zero-order valence-corrected chi connectivity index (χ0v) is 15.0. The van der Waals surface area contributed by atoms with Gasteiger partial charge in [-0.1, -0.05) is 27.7 Å². The third-order valence-corrected chi connectivity index (χ3v) is 2.00. The van der Waals surface area contributed by atoms with E-state index in [4.69, 9.17) is 4.74 Å². The molecule has 0 saturated carbocycles. The minimum absolute atomic E-state index is 0.225. The first-order valence-corrected chi connectivity index (χ1v) is 7.67. The van der Waals surface area contributed by atoms with Crippen LogP contribution >= 0.6 is 0 Å². The van der Waals surface area contributed by atoms with E-state index in [2.05, 4.69) is 0 Å². The van der Waals surface area contributed by atoms with E-state index in [0.29, 0.717) is 0 Å². The molecule has 1 rings (SSSR count). The highest BCUT2D eigenvalue weighted by Crippen LogP contribution is 2.06. The van der Waals surface area contributed by atoms with Crippen molar-refractivity contribution in [3.8, 4) is 0 Å². The molecule has 0 radical (unpaired) electrons. The minimum Gasteiger partial charge on any atom is -0.460 e. The van der Waals surface area contributed by atoms with Gasteiger partial charge in [0.2, 0.25) is 5.91 Å². The van der Waals surface area contributed by atoms with E-state index in [1.54, 1.807) is 6.92 Å². The molecule has 0 aromatic carbocycles. The lowest BCUT2D eigenvalue weighted by Crippen LogP contribution is -2.24. The summed E-state index contributed by atoms with van der Waals surface area (Å²) in [5, 5.41) is 0. The maximum Gasteiger partial charge on any atom is 0.303 e. The highest BCUT2D eigenvalue weighted by molar-refractivity contribution is 5.73. The largest absolute Gasteiger partial charge is 0.460 e. The molecule has 1 aliphatic rings. The Morgan fingerprint density at radius 1 is 0.900 bits per heavy atom. The average Bonchev–Trinajstić information content (AvgIpc) is 2.85. The Hall–Kier alpha value is -1.06. The van der Waals surface area contributed by atoms with Crippen LogP contribution in [0.2, 0.25) is 0 Å². The van der Waals surface area contributed by atoms with Crippen LogP contribution in [-0.4, -0.2) is 35.5 Å². The quantitative estimate of drug-likeness (QED) is 0.633. The van der Waals surface area contributed by atoms with Gasteiger partial charge < -0.3 is 9.64 Å². The van der Waals surface area contributed by atoms with Gasteiger partial charge in [-0.05, 0) is 33.6 Å². The zero-order chi connectivity index (χ0) is 16.8. The Bertz CT molecular complexity index is 239. The molecule has 0 unspecified atom stereocenters. The van der Waals surface area contributed by atoms with Crippen molar-refractivity contribution in [2.45, 2.75) is 80.8 Å². The van der Waals surface area contributed by atoms with E-state index in [0.717, 1.165) is 13.1 Å². The molecule has 4 nitrogen and oxygen atoms in total. The Morgan fingerprint density at radius 3 is 1.35 bits per heavy atom. The van der Waals surface area contributed by atoms with Gasteiger partial charge in [-0.25, -0.2) is 0 Å². The Kier molecular flexibility index (Phi) is 17.2. The summed E-state index contributed by atoms with van der Waals surface area (Å²) in [6.07, 6.45) is 2.39. The van der Waals surface area contributed by atoms with Gasteiger partial charge in [0.25, 0.3) is 0 Å². The lowest BCUT2D eigenvalue weighted by atomic mass is 10.2. The van der Waals surface area contributed by atoms with Crippen LogP contribution in [0.15, 0.2) is 0 Å². The van der Waals surface area contributed by atoms with Crippen molar-refractivity contribution in [2.24, 2.45) is 0 Å². The molecule has 1 amide bonds. The molecule has 4 heteroatoms. The number of hydrogen-bond acceptors (Lipinski definition) is 3. The number of hydrogen-bond donors (Lipinski definition) is 0. The zero-order valence-electron chi connectivity index (χ0n) is 15.0. The molecular formula is C16H35NO3. The highest BCUT2D eigenvalue weighted by atomic mass is 16.6. The van der Waals surface area contributed by atoms with Gasteiger partial charge in [-0.15, -0.1) is 0 Å². The molecule has 1 saturated heterocycles. The van der Waals surface area contributed by atoms with Gasteiger partial charge in [0, 0.05) is 26.9 Å². The van der Waals surface area contributed by atoms with Crippen molar-refractivity contribution in [2.75, 3.05) is 13.1 Å². The normalized spacial score (nSPS) is 12.8. The van der Waals surface area contributed by atoms with Gasteiger partial charge in [0.15, 0.2) is 0 Å². The summed E-state index contributed by atoms with van der Waals surface area (Å²) in [7, 11) is 0. The second-order valence-corrected chi connectivity index (χ2v) is 4.92. The first-order chi connectivity index (χ1) is 9.22. The van der Waals surface area contributed by atoms with Gasteiger partial charge >= 0.3 is 5.97 Å². The van der Waals surface area contributed by atoms with Crippen molar-refractivity contribution >= 4 is 11.9 Å². The van der Waals surface area contributed by atoms with Crippen molar-refractivity contribution in [3.63, 3.8) is 0 Å². The second kappa shape index (κ2) is 14.4. The number of carbonyl (C=O) groups excluding carboxylic acids is 2. The molecule has 0 bridgehead atoms. The smallest absolute Gasteiger partial charge is 0.303 e. The van der Waals surface area contributed by atoms with Crippen LogP contribution in [0.5, 0.6) is 0 Å². The molecule has 0 aromatic heterocycles. The number of ether oxygens (including phenoxy) is 1. The maximum absolute atomic E-state index is 10.6. The predicted molar refractivity (Wildman–Crippen MR) is 85.7 cm³/mol. The Balaban J connectivity index is -0.000000231. The maximum atomic E-state index is 10.6. The topological polar surface area (TPSA) is 46.6 Å². The molecule has 1 aliphatic heterocycles. The lowest BCUT2D eigenvalue weighted by Gasteiger charge is -2.17. The third-order valence-electron chi connectivity index (χ3n) is 2.00. The second-order valence-electron chi connectivity index (χ2n) is 4.92. The van der Waals surface area contributed by atoms with Crippen LogP contribution in [0.3, 0.4) is 0 Å². The van der Waals surface area contributed by atoms with E-state index in [-0.39, 0.29) is 17.5 Å². The summed E-state index contributed by atoms with van der Waals surface area (Å²) in [5.41, 5.74) is -0.328. The summed E-state index contributed by atoms with van der Waals surface area (Å²) in [5.74, 6) is 0.00000000000000111. The van der Waals surface area contributed by atoms with Crippen LogP contribution in [-0.2, 0) is 14.3 Å². The van der Waals surface area contributed by atoms with E-state index in [1.807, 2.05) is 53.4 Å². The minimum atomic E-state index is -0.328. The summed E-state index contributed by atoms with van der Waals surface area (Å²) in [4.78, 5) is 22.7. The van der Waals surface area contributed by atoms with Gasteiger partial charge in [0.05, 0.1) is 0 Å². The number of esters is 1. The SMILES string of the molecule is CC.CC.CC(=O)N1CCCC1.CC(=O)OC(C)(C)C. The molecule has 0 spiro atoms. The molecule has 0 aromatic rings. The Labute approximate surface area is 125 Å². The first kappa shape index (κ1) is 24.0. The monoisotopic (exact) mass is 289 g/mol. The van der Waals surface area contributed by atoms with Crippen LogP contribution in [0.1, 0.15) is 75.2 Å². The highest BCUT2D eigenvalue weighted by Gasteiger charge is 2.12. The molecule has 20 heavy (non-hydrogen) atoms. The van der Waals surface area contributed by atoms with Crippen LogP contribution < -0.4 is 0 Å². The number of likely N-dealkylation sites (tertiary alicyclic amines) is 1. The molecule has 0 aliphatic carbocycles. The average molecular weight is 289 g/mol. The fourth-order valence-corrected chi connectivity index (χ4v) is 1.46. The summed E-state index contributed by atoms with van der Waals surface area (Å²) in [6.45, 7) is 18.5. The fourth-order valence-electron chi connectivity index (χ4n) is 1.46. The van der Waals surface area contributed by atoms with Crippen molar-refractivity contribution < 1.29 is 14.3 Å². The fraction of sp³-hybridized carbons (Fsp3) is 0.875. The predicted octanol–water partition coefficient (Wildman–Crippen LogP) is 4.03. The molecule has 122 valence electrons. The van der Waals surface area contributed by atoms with Crippen molar-refractivity contribution in [3.05, 3.63) is 0 Å². The number of amides is 1. The van der Waals surface area contributed by atoms with Crippen molar-refractivity contribution in [1.29, 1.82) is 0 Å². The van der Waals surface area contributed by atoms with Gasteiger partial charge in [-0.2, -0.15) is 0 Å². The van der Waals surface area contributed by atoms with E-state index in [9.17, 15) is 9.59 Å². The molecular weight excluding hydrogens is 254 g/mol. The molecule has 0 N–H and O–H groups in total. The van der Waals surface area contributed by atoms with Crippen molar-refractivity contribution in [1.82, 2.24) is 4.90 Å². The number of nitrogens with zero attached hydrogens (tertiary/aromatic N) is 1. The first-order valence-electron chi connectivity index (χ1n) is 7.67. The molecule has 0 atom stereocenters. The standard InChI is InChI=1S/C6H11NO.C6H12O2.2C2H6/c1-6(8)7-4-2-3-5-7;1-5(7)8-6(2,3)4;2*1-2/h2-5H2,1H3;1-4H3;2*1-2H3. The molecule has 1 fully saturated rings. The Morgan fingerprint density at radius 2 is 1.25 bits per heavy atom. The van der Waals surface area contributed by atoms with Crippen LogP contribution in [0.25, 0.3) is 0 Å². The summed E-state index contributed by atoms with van der Waals surface area (Å²) >= 11 is 0. The van der Waals surface area contributed by atoms with Crippen LogP contribution in [0.4, 0.5) is 0 Å². The van der Waals surface area contributed by atoms with Gasteiger partial charge in [0.1, 0.15) is 5.60 Å². The molecule has 1 heterocycles. The third kappa shape index (κ3) is 19.3. The van der Waals surface area contributed by atoms with Crippen LogP contribution in [0, 0.1) is 0 Å².